The molecule has 0 radical (unpaired) electrons. The lowest BCUT2D eigenvalue weighted by Crippen LogP contribution is -2.04. The van der Waals surface area contributed by atoms with Gasteiger partial charge in [0.2, 0.25) is 0 Å². The summed E-state index contributed by atoms with van der Waals surface area (Å²) >= 11 is 0. The largest absolute Gasteiger partial charge is 0.487 e. The Hall–Kier alpha value is -0.990. The van der Waals surface area contributed by atoms with E-state index in [9.17, 15) is 4.79 Å². The third-order valence-corrected chi connectivity index (χ3v) is 1.01. The summed E-state index contributed by atoms with van der Waals surface area (Å²) in [6, 6.07) is 0. The second kappa shape index (κ2) is 4.85. The molecule has 0 saturated carbocycles. The number of aliphatic carboxylic acids is 1. The molecule has 0 atom stereocenters. The molecule has 0 fully saturated rings. The summed E-state index contributed by atoms with van der Waals surface area (Å²) in [6.07, 6.45) is 1.86. The molecule has 1 N–H and O–H groups in total. The number of carbonyl (C=O) groups is 1. The highest BCUT2D eigenvalue weighted by Crippen LogP contribution is 1.95. The molecule has 0 aliphatic heterocycles. The Morgan fingerprint density at radius 1 is 1.70 bits per heavy atom. The van der Waals surface area contributed by atoms with Crippen molar-refractivity contribution in [2.24, 2.45) is 0 Å². The third kappa shape index (κ3) is 3.95. The van der Waals surface area contributed by atoms with E-state index in [0.29, 0.717) is 6.61 Å². The van der Waals surface area contributed by atoms with E-state index >= 15 is 0 Å². The molecule has 0 rings (SSSR count). The van der Waals surface area contributed by atoms with Crippen LogP contribution < -0.4 is 0 Å². The van der Waals surface area contributed by atoms with Gasteiger partial charge < -0.3 is 9.84 Å². The van der Waals surface area contributed by atoms with E-state index in [2.05, 4.69) is 6.58 Å². The van der Waals surface area contributed by atoms with Crippen molar-refractivity contribution in [3.63, 3.8) is 0 Å². The molecule has 0 amide bonds. The summed E-state index contributed by atoms with van der Waals surface area (Å²) in [5.74, 6) is -1.26. The zero-order valence-corrected chi connectivity index (χ0v) is 6.09. The van der Waals surface area contributed by atoms with Crippen LogP contribution in [0.2, 0.25) is 0 Å². The monoisotopic (exact) mass is 144 g/mol. The van der Waals surface area contributed by atoms with Crippen LogP contribution in [0.15, 0.2) is 12.3 Å². The lowest BCUT2D eigenvalue weighted by Gasteiger charge is -2.02. The van der Waals surface area contributed by atoms with Crippen molar-refractivity contribution in [3.05, 3.63) is 12.3 Å². The standard InChI is InChI=1S/C7H12O3/c1-3-4-5-10-6(2)7(8)9/h2-5H2,1H3,(H,8,9). The van der Waals surface area contributed by atoms with Crippen molar-refractivity contribution in [3.8, 4) is 0 Å². The molecular weight excluding hydrogens is 132 g/mol. The molecule has 3 heteroatoms. The van der Waals surface area contributed by atoms with Gasteiger partial charge in [0, 0.05) is 0 Å². The number of ether oxygens (including phenoxy) is 1. The summed E-state index contributed by atoms with van der Waals surface area (Å²) in [4.78, 5) is 10.1. The quantitative estimate of drug-likeness (QED) is 0.360. The van der Waals surface area contributed by atoms with Crippen molar-refractivity contribution >= 4 is 5.97 Å². The first-order chi connectivity index (χ1) is 4.68. The normalized spacial score (nSPS) is 8.90. The summed E-state index contributed by atoms with van der Waals surface area (Å²) in [5, 5.41) is 8.26. The van der Waals surface area contributed by atoms with Crippen LogP contribution in [0.5, 0.6) is 0 Å². The van der Waals surface area contributed by atoms with E-state index in [1.165, 1.54) is 0 Å². The first-order valence-corrected chi connectivity index (χ1v) is 3.23. The minimum absolute atomic E-state index is 0.173. The van der Waals surface area contributed by atoms with Crippen molar-refractivity contribution in [2.45, 2.75) is 19.8 Å². The van der Waals surface area contributed by atoms with Gasteiger partial charge in [0.05, 0.1) is 6.61 Å². The van der Waals surface area contributed by atoms with Gasteiger partial charge in [-0.1, -0.05) is 13.3 Å². The van der Waals surface area contributed by atoms with Crippen LogP contribution in [0, 0.1) is 0 Å². The van der Waals surface area contributed by atoms with Gasteiger partial charge >= 0.3 is 5.97 Å². The molecule has 0 saturated heterocycles. The Bertz CT molecular complexity index is 129. The topological polar surface area (TPSA) is 46.5 Å². The van der Waals surface area contributed by atoms with Crippen LogP contribution in [0.1, 0.15) is 19.8 Å². The van der Waals surface area contributed by atoms with Crippen LogP contribution >= 0.6 is 0 Å². The summed E-state index contributed by atoms with van der Waals surface area (Å²) in [7, 11) is 0. The Kier molecular flexibility index (Phi) is 4.37. The second-order valence-electron chi connectivity index (χ2n) is 1.93. The van der Waals surface area contributed by atoms with Crippen molar-refractivity contribution in [2.75, 3.05) is 6.61 Å². The van der Waals surface area contributed by atoms with E-state index in [-0.39, 0.29) is 5.76 Å². The maximum Gasteiger partial charge on any atom is 0.370 e. The van der Waals surface area contributed by atoms with Crippen LogP contribution in [0.25, 0.3) is 0 Å². The lowest BCUT2D eigenvalue weighted by molar-refractivity contribution is -0.136. The molecule has 0 unspecified atom stereocenters. The second-order valence-corrected chi connectivity index (χ2v) is 1.93. The van der Waals surface area contributed by atoms with Crippen molar-refractivity contribution in [1.82, 2.24) is 0 Å². The Balaban J connectivity index is 3.31. The molecule has 0 aromatic carbocycles. The minimum Gasteiger partial charge on any atom is -0.487 e. The fraction of sp³-hybridized carbons (Fsp3) is 0.571. The minimum atomic E-state index is -1.09. The highest BCUT2D eigenvalue weighted by molar-refractivity contribution is 5.83. The van der Waals surface area contributed by atoms with E-state index in [1.807, 2.05) is 6.92 Å². The smallest absolute Gasteiger partial charge is 0.370 e. The van der Waals surface area contributed by atoms with Crippen LogP contribution in [0.3, 0.4) is 0 Å². The number of unbranched alkanes of at least 4 members (excludes halogenated alkanes) is 1. The molecule has 3 nitrogen and oxygen atoms in total. The summed E-state index contributed by atoms with van der Waals surface area (Å²) in [6.45, 7) is 5.66. The predicted octanol–water partition coefficient (Wildman–Crippen LogP) is 1.40. The molecule has 0 aliphatic rings. The SMILES string of the molecule is C=C(OCCCC)C(=O)O. The van der Waals surface area contributed by atoms with E-state index in [0.717, 1.165) is 12.8 Å². The van der Waals surface area contributed by atoms with E-state index < -0.39 is 5.97 Å². The molecule has 0 heterocycles. The fourth-order valence-corrected chi connectivity index (χ4v) is 0.401. The molecule has 0 aliphatic carbocycles. The van der Waals surface area contributed by atoms with Gasteiger partial charge in [-0.3, -0.25) is 0 Å². The van der Waals surface area contributed by atoms with Crippen LogP contribution in [0.4, 0.5) is 0 Å². The Morgan fingerprint density at radius 2 is 2.30 bits per heavy atom. The van der Waals surface area contributed by atoms with Gasteiger partial charge in [0.1, 0.15) is 0 Å². The lowest BCUT2D eigenvalue weighted by atomic mass is 10.4. The van der Waals surface area contributed by atoms with Crippen LogP contribution in [-0.4, -0.2) is 17.7 Å². The molecule has 0 spiro atoms. The summed E-state index contributed by atoms with van der Waals surface area (Å²) in [5.41, 5.74) is 0. The number of hydrogen-bond donors (Lipinski definition) is 1. The number of hydrogen-bond acceptors (Lipinski definition) is 2. The predicted molar refractivity (Wildman–Crippen MR) is 37.6 cm³/mol. The zero-order chi connectivity index (χ0) is 7.98. The van der Waals surface area contributed by atoms with Gasteiger partial charge in [-0.2, -0.15) is 0 Å². The van der Waals surface area contributed by atoms with Crippen LogP contribution in [-0.2, 0) is 9.53 Å². The highest BCUT2D eigenvalue weighted by atomic mass is 16.5. The molecular formula is C7H12O3. The van der Waals surface area contributed by atoms with E-state index in [4.69, 9.17) is 9.84 Å². The summed E-state index contributed by atoms with van der Waals surface area (Å²) < 4.78 is 4.75. The molecule has 0 bridgehead atoms. The maximum atomic E-state index is 10.1. The van der Waals surface area contributed by atoms with Gasteiger partial charge in [-0.05, 0) is 13.0 Å². The molecule has 0 aromatic heterocycles. The first kappa shape index (κ1) is 9.01. The maximum absolute atomic E-state index is 10.1. The number of carboxylic acid groups (broad SMARTS) is 1. The van der Waals surface area contributed by atoms with E-state index in [1.54, 1.807) is 0 Å². The van der Waals surface area contributed by atoms with Crippen molar-refractivity contribution in [1.29, 1.82) is 0 Å². The molecule has 10 heavy (non-hydrogen) atoms. The molecule has 58 valence electrons. The number of carboxylic acids is 1. The zero-order valence-electron chi connectivity index (χ0n) is 6.09. The average Bonchev–Trinajstić information content (AvgIpc) is 1.88. The van der Waals surface area contributed by atoms with Crippen molar-refractivity contribution < 1.29 is 14.6 Å². The number of rotatable bonds is 5. The Labute approximate surface area is 60.3 Å². The Morgan fingerprint density at radius 3 is 2.70 bits per heavy atom. The highest BCUT2D eigenvalue weighted by Gasteiger charge is 2.02. The van der Waals surface area contributed by atoms with Gasteiger partial charge in [-0.25, -0.2) is 4.79 Å². The van der Waals surface area contributed by atoms with Gasteiger partial charge in [-0.15, -0.1) is 0 Å². The fourth-order valence-electron chi connectivity index (χ4n) is 0.401. The first-order valence-electron chi connectivity index (χ1n) is 3.23. The average molecular weight is 144 g/mol. The van der Waals surface area contributed by atoms with Gasteiger partial charge in [0.25, 0.3) is 0 Å². The molecule has 0 aromatic rings. The third-order valence-electron chi connectivity index (χ3n) is 1.01. The van der Waals surface area contributed by atoms with Gasteiger partial charge in [0.15, 0.2) is 5.76 Å².